The Morgan fingerprint density at radius 3 is 2.53 bits per heavy atom. The summed E-state index contributed by atoms with van der Waals surface area (Å²) in [5.41, 5.74) is 1.23. The zero-order chi connectivity index (χ0) is 21.3. The number of hydrogen-bond donors (Lipinski definition) is 2. The van der Waals surface area contributed by atoms with Crippen molar-refractivity contribution in [2.24, 2.45) is 12.0 Å². The summed E-state index contributed by atoms with van der Waals surface area (Å²) in [5, 5.41) is 15.6. The molecule has 1 aromatic heterocycles. The number of aromatic nitrogens is 3. The van der Waals surface area contributed by atoms with Gasteiger partial charge in [0.2, 0.25) is 0 Å². The van der Waals surface area contributed by atoms with Gasteiger partial charge in [0.25, 0.3) is 0 Å². The largest absolute Gasteiger partial charge is 0.379 e. The molecule has 3 heterocycles. The SMILES string of the molecule is C=C(C)CN1CCC(NC(=NCc2nnc(C)n2C)NCCN2CCOCC2)CC1. The quantitative estimate of drug-likeness (QED) is 0.362. The number of piperidine rings is 1. The molecular weight excluding hydrogens is 380 g/mol. The van der Waals surface area contributed by atoms with E-state index in [0.717, 1.165) is 89.5 Å². The second-order valence-corrected chi connectivity index (χ2v) is 8.42. The van der Waals surface area contributed by atoms with Crippen molar-refractivity contribution in [3.63, 3.8) is 0 Å². The molecule has 2 aliphatic rings. The van der Waals surface area contributed by atoms with Crippen LogP contribution in [-0.2, 0) is 18.3 Å². The first-order chi connectivity index (χ1) is 14.5. The van der Waals surface area contributed by atoms with Crippen LogP contribution in [0.15, 0.2) is 17.1 Å². The van der Waals surface area contributed by atoms with E-state index >= 15 is 0 Å². The molecule has 0 saturated carbocycles. The second kappa shape index (κ2) is 11.4. The topological polar surface area (TPSA) is 82.8 Å². The van der Waals surface area contributed by atoms with E-state index in [-0.39, 0.29) is 0 Å². The summed E-state index contributed by atoms with van der Waals surface area (Å²) in [6.07, 6.45) is 2.22. The van der Waals surface area contributed by atoms with E-state index in [1.165, 1.54) is 5.57 Å². The highest BCUT2D eigenvalue weighted by Crippen LogP contribution is 2.11. The van der Waals surface area contributed by atoms with Crippen LogP contribution in [0.25, 0.3) is 0 Å². The van der Waals surface area contributed by atoms with E-state index in [9.17, 15) is 0 Å². The van der Waals surface area contributed by atoms with Crippen LogP contribution in [0.3, 0.4) is 0 Å². The zero-order valence-corrected chi connectivity index (χ0v) is 18.9. The molecule has 0 aromatic carbocycles. The summed E-state index contributed by atoms with van der Waals surface area (Å²) in [5.74, 6) is 2.64. The molecule has 0 unspecified atom stereocenters. The van der Waals surface area contributed by atoms with Crippen LogP contribution in [0.1, 0.15) is 31.4 Å². The Balaban J connectivity index is 1.53. The van der Waals surface area contributed by atoms with Crippen molar-refractivity contribution in [3.8, 4) is 0 Å². The molecule has 0 radical (unpaired) electrons. The minimum Gasteiger partial charge on any atom is -0.379 e. The van der Waals surface area contributed by atoms with Crippen molar-refractivity contribution < 1.29 is 4.74 Å². The fourth-order valence-corrected chi connectivity index (χ4v) is 3.86. The van der Waals surface area contributed by atoms with Crippen molar-refractivity contribution in [1.29, 1.82) is 0 Å². The number of morpholine rings is 1. The Kier molecular flexibility index (Phi) is 8.65. The molecule has 30 heavy (non-hydrogen) atoms. The number of ether oxygens (including phenoxy) is 1. The van der Waals surface area contributed by atoms with Gasteiger partial charge in [-0.25, -0.2) is 4.99 Å². The van der Waals surface area contributed by atoms with Gasteiger partial charge in [0.1, 0.15) is 12.4 Å². The third kappa shape index (κ3) is 7.07. The summed E-state index contributed by atoms with van der Waals surface area (Å²) in [6.45, 7) is 17.3. The number of guanidine groups is 1. The van der Waals surface area contributed by atoms with E-state index < -0.39 is 0 Å². The highest BCUT2D eigenvalue weighted by atomic mass is 16.5. The molecule has 0 amide bonds. The fourth-order valence-electron chi connectivity index (χ4n) is 3.86. The lowest BCUT2D eigenvalue weighted by Gasteiger charge is -2.33. The molecule has 0 atom stereocenters. The predicted octanol–water partition coefficient (Wildman–Crippen LogP) is 0.531. The highest BCUT2D eigenvalue weighted by Gasteiger charge is 2.20. The highest BCUT2D eigenvalue weighted by molar-refractivity contribution is 5.80. The lowest BCUT2D eigenvalue weighted by molar-refractivity contribution is 0.0389. The first-order valence-electron chi connectivity index (χ1n) is 11.1. The van der Waals surface area contributed by atoms with Gasteiger partial charge in [-0.2, -0.15) is 0 Å². The van der Waals surface area contributed by atoms with E-state index in [0.29, 0.717) is 12.6 Å². The minimum absolute atomic E-state index is 0.433. The average molecular weight is 419 g/mol. The molecule has 0 aliphatic carbocycles. The fraction of sp³-hybridized carbons (Fsp3) is 0.762. The molecule has 2 saturated heterocycles. The van der Waals surface area contributed by atoms with Crippen molar-refractivity contribution in [3.05, 3.63) is 23.8 Å². The van der Waals surface area contributed by atoms with Gasteiger partial charge in [-0.05, 0) is 26.7 Å². The third-order valence-corrected chi connectivity index (χ3v) is 5.81. The van der Waals surface area contributed by atoms with E-state index in [2.05, 4.69) is 44.1 Å². The Morgan fingerprint density at radius 2 is 1.90 bits per heavy atom. The first kappa shape index (κ1) is 22.7. The lowest BCUT2D eigenvalue weighted by atomic mass is 10.0. The van der Waals surface area contributed by atoms with Gasteiger partial charge in [-0.15, -0.1) is 10.2 Å². The van der Waals surface area contributed by atoms with Gasteiger partial charge in [-0.1, -0.05) is 12.2 Å². The van der Waals surface area contributed by atoms with Crippen molar-refractivity contribution in [2.45, 2.75) is 39.3 Å². The van der Waals surface area contributed by atoms with Gasteiger partial charge >= 0.3 is 0 Å². The van der Waals surface area contributed by atoms with Gasteiger partial charge in [0, 0.05) is 58.9 Å². The van der Waals surface area contributed by atoms with Crippen LogP contribution in [-0.4, -0.2) is 95.6 Å². The number of nitrogens with zero attached hydrogens (tertiary/aromatic N) is 6. The molecule has 2 aliphatic heterocycles. The Bertz CT molecular complexity index is 702. The van der Waals surface area contributed by atoms with Crippen molar-refractivity contribution in [1.82, 2.24) is 35.2 Å². The van der Waals surface area contributed by atoms with Crippen LogP contribution >= 0.6 is 0 Å². The molecule has 2 fully saturated rings. The molecule has 3 rings (SSSR count). The summed E-state index contributed by atoms with van der Waals surface area (Å²) in [6, 6.07) is 0.433. The first-order valence-corrected chi connectivity index (χ1v) is 11.1. The molecule has 9 nitrogen and oxygen atoms in total. The maximum atomic E-state index is 5.44. The van der Waals surface area contributed by atoms with E-state index in [4.69, 9.17) is 9.73 Å². The number of aryl methyl sites for hydroxylation is 1. The monoisotopic (exact) mass is 418 g/mol. The predicted molar refractivity (Wildman–Crippen MR) is 120 cm³/mol. The molecule has 9 heteroatoms. The standard InChI is InChI=1S/C21H38N8O/c1-17(2)16-29-8-5-19(6-9-29)24-21(22-7-10-28-11-13-30-14-12-28)23-15-20-26-25-18(3)27(20)4/h19H,1,5-16H2,2-4H3,(H2,22,23,24). The number of hydrogen-bond acceptors (Lipinski definition) is 6. The second-order valence-electron chi connectivity index (χ2n) is 8.42. The van der Waals surface area contributed by atoms with Crippen molar-refractivity contribution >= 4 is 5.96 Å². The van der Waals surface area contributed by atoms with Gasteiger partial charge in [0.15, 0.2) is 11.8 Å². The maximum absolute atomic E-state index is 5.44. The van der Waals surface area contributed by atoms with Crippen LogP contribution in [0, 0.1) is 6.92 Å². The lowest BCUT2D eigenvalue weighted by Crippen LogP contribution is -2.50. The molecule has 1 aromatic rings. The summed E-state index contributed by atoms with van der Waals surface area (Å²) >= 11 is 0. The van der Waals surface area contributed by atoms with E-state index in [1.54, 1.807) is 0 Å². The molecule has 168 valence electrons. The van der Waals surface area contributed by atoms with Gasteiger partial charge < -0.3 is 19.9 Å². The normalized spacial score (nSPS) is 19.8. The Labute approximate surface area is 180 Å². The number of rotatable bonds is 8. The number of nitrogens with one attached hydrogen (secondary N) is 2. The van der Waals surface area contributed by atoms with Gasteiger partial charge in [-0.3, -0.25) is 9.80 Å². The van der Waals surface area contributed by atoms with Crippen LogP contribution in [0.5, 0.6) is 0 Å². The average Bonchev–Trinajstić information content (AvgIpc) is 3.06. The molecule has 0 spiro atoms. The summed E-state index contributed by atoms with van der Waals surface area (Å²) in [4.78, 5) is 9.72. The van der Waals surface area contributed by atoms with Crippen molar-refractivity contribution in [2.75, 3.05) is 59.0 Å². The third-order valence-electron chi connectivity index (χ3n) is 5.81. The number of likely N-dealkylation sites (tertiary alicyclic amines) is 1. The zero-order valence-electron chi connectivity index (χ0n) is 18.9. The Morgan fingerprint density at radius 1 is 1.17 bits per heavy atom. The summed E-state index contributed by atoms with van der Waals surface area (Å²) < 4.78 is 7.43. The molecule has 2 N–H and O–H groups in total. The van der Waals surface area contributed by atoms with Gasteiger partial charge in [0.05, 0.1) is 13.2 Å². The molecular formula is C21H38N8O. The molecule has 0 bridgehead atoms. The summed E-state index contributed by atoms with van der Waals surface area (Å²) in [7, 11) is 1.98. The maximum Gasteiger partial charge on any atom is 0.191 e. The van der Waals surface area contributed by atoms with Crippen LogP contribution in [0.2, 0.25) is 0 Å². The van der Waals surface area contributed by atoms with Crippen LogP contribution in [0.4, 0.5) is 0 Å². The van der Waals surface area contributed by atoms with E-state index in [1.807, 2.05) is 18.5 Å². The smallest absolute Gasteiger partial charge is 0.191 e. The number of aliphatic imine (C=N–C) groups is 1. The Hall–Kier alpha value is -1.97. The minimum atomic E-state index is 0.433. The van der Waals surface area contributed by atoms with Crippen LogP contribution < -0.4 is 10.6 Å².